The van der Waals surface area contributed by atoms with Gasteiger partial charge in [0.2, 0.25) is 0 Å². The Balaban J connectivity index is 3.53. The van der Waals surface area contributed by atoms with Crippen molar-refractivity contribution in [1.82, 2.24) is 5.32 Å². The fourth-order valence-corrected chi connectivity index (χ4v) is 1.44. The minimum Gasteiger partial charge on any atom is -0.465 e. The van der Waals surface area contributed by atoms with Crippen molar-refractivity contribution in [1.29, 1.82) is 0 Å². The zero-order valence-corrected chi connectivity index (χ0v) is 10.7. The summed E-state index contributed by atoms with van der Waals surface area (Å²) in [7, 11) is 0. The molecule has 2 N–H and O–H groups in total. The molecule has 1 unspecified atom stereocenters. The van der Waals surface area contributed by atoms with Crippen molar-refractivity contribution in [3.05, 3.63) is 0 Å². The summed E-state index contributed by atoms with van der Waals surface area (Å²) in [5.74, 6) is -0.249. The lowest BCUT2D eigenvalue weighted by atomic mass is 10.0. The average molecular weight is 231 g/mol. The average Bonchev–Trinajstić information content (AvgIpc) is 2.17. The molecule has 1 atom stereocenters. The molecule has 16 heavy (non-hydrogen) atoms. The lowest BCUT2D eigenvalue weighted by Gasteiger charge is -2.22. The summed E-state index contributed by atoms with van der Waals surface area (Å²) in [5, 5.41) is 12.7. The van der Waals surface area contributed by atoms with E-state index in [0.717, 1.165) is 25.7 Å². The van der Waals surface area contributed by atoms with E-state index >= 15 is 0 Å². The maximum Gasteiger partial charge on any atom is 0.319 e. The van der Waals surface area contributed by atoms with Gasteiger partial charge >= 0.3 is 5.97 Å². The number of hydrogen-bond acceptors (Lipinski definition) is 4. The number of hydrogen-bond donors (Lipinski definition) is 2. The van der Waals surface area contributed by atoms with Gasteiger partial charge < -0.3 is 15.2 Å². The molecule has 4 heteroatoms. The van der Waals surface area contributed by atoms with Crippen LogP contribution in [0.15, 0.2) is 0 Å². The van der Waals surface area contributed by atoms with Crippen molar-refractivity contribution < 1.29 is 14.6 Å². The van der Waals surface area contributed by atoms with Crippen LogP contribution < -0.4 is 5.32 Å². The molecule has 0 bridgehead atoms. The number of aliphatic hydroxyl groups is 1. The molecule has 0 saturated heterocycles. The monoisotopic (exact) mass is 231 g/mol. The van der Waals surface area contributed by atoms with Gasteiger partial charge in [0.05, 0.1) is 18.8 Å². The Bertz CT molecular complexity index is 193. The smallest absolute Gasteiger partial charge is 0.319 e. The molecule has 0 aromatic carbocycles. The Morgan fingerprint density at radius 3 is 2.62 bits per heavy atom. The van der Waals surface area contributed by atoms with Crippen molar-refractivity contribution in [2.24, 2.45) is 0 Å². The predicted octanol–water partition coefficient (Wildman–Crippen LogP) is 1.47. The van der Waals surface area contributed by atoms with Crippen LogP contribution in [0.25, 0.3) is 0 Å². The summed E-state index contributed by atoms with van der Waals surface area (Å²) in [6.45, 7) is 6.92. The van der Waals surface area contributed by atoms with E-state index in [4.69, 9.17) is 4.74 Å². The van der Waals surface area contributed by atoms with Gasteiger partial charge in [0.15, 0.2) is 0 Å². The largest absolute Gasteiger partial charge is 0.465 e. The highest BCUT2D eigenvalue weighted by atomic mass is 16.5. The van der Waals surface area contributed by atoms with Crippen LogP contribution >= 0.6 is 0 Å². The number of esters is 1. The summed E-state index contributed by atoms with van der Waals surface area (Å²) in [6, 6.07) is 0. The molecule has 0 aliphatic heterocycles. The zero-order valence-electron chi connectivity index (χ0n) is 10.7. The third-order valence-electron chi connectivity index (χ3n) is 2.32. The van der Waals surface area contributed by atoms with Gasteiger partial charge in [-0.05, 0) is 19.8 Å². The molecule has 0 heterocycles. The summed E-state index contributed by atoms with van der Waals surface area (Å²) in [4.78, 5) is 11.2. The van der Waals surface area contributed by atoms with Gasteiger partial charge in [-0.3, -0.25) is 4.79 Å². The molecule has 0 saturated carbocycles. The molecule has 4 nitrogen and oxygen atoms in total. The third-order valence-corrected chi connectivity index (χ3v) is 2.32. The van der Waals surface area contributed by atoms with Crippen LogP contribution in [0.4, 0.5) is 0 Å². The molecule has 0 spiro atoms. The van der Waals surface area contributed by atoms with Gasteiger partial charge in [-0.1, -0.05) is 26.7 Å². The number of nitrogens with one attached hydrogen (secondary N) is 1. The maximum absolute atomic E-state index is 11.2. The van der Waals surface area contributed by atoms with Crippen LogP contribution in [0.3, 0.4) is 0 Å². The quantitative estimate of drug-likeness (QED) is 0.466. The first-order valence-corrected chi connectivity index (χ1v) is 6.10. The van der Waals surface area contributed by atoms with Crippen molar-refractivity contribution in [3.8, 4) is 0 Å². The molecule has 0 fully saturated rings. The first-order valence-electron chi connectivity index (χ1n) is 6.10. The molecule has 0 aliphatic rings. The number of carbonyl (C=O) groups excluding carboxylic acids is 1. The predicted molar refractivity (Wildman–Crippen MR) is 64.3 cm³/mol. The summed E-state index contributed by atoms with van der Waals surface area (Å²) >= 11 is 0. The molecule has 0 radical (unpaired) electrons. The standard InChI is InChI=1S/C12H25NO3/c1-4-6-8-16-11(14)9-13-10-12(3,15)7-5-2/h13,15H,4-10H2,1-3H3. The molecule has 0 rings (SSSR count). The second-order valence-corrected chi connectivity index (χ2v) is 4.42. The lowest BCUT2D eigenvalue weighted by molar-refractivity contribution is -0.142. The van der Waals surface area contributed by atoms with E-state index in [0.29, 0.717) is 13.2 Å². The van der Waals surface area contributed by atoms with Crippen LogP contribution in [0.5, 0.6) is 0 Å². The number of ether oxygens (including phenoxy) is 1. The second-order valence-electron chi connectivity index (χ2n) is 4.42. The van der Waals surface area contributed by atoms with Crippen LogP contribution in [-0.2, 0) is 9.53 Å². The Labute approximate surface area is 98.4 Å². The Hall–Kier alpha value is -0.610. The van der Waals surface area contributed by atoms with E-state index in [9.17, 15) is 9.90 Å². The minimum absolute atomic E-state index is 0.170. The van der Waals surface area contributed by atoms with Crippen LogP contribution in [-0.4, -0.2) is 36.4 Å². The zero-order chi connectivity index (χ0) is 12.4. The SMILES string of the molecule is CCCCOC(=O)CNCC(C)(O)CCC. The van der Waals surface area contributed by atoms with Crippen molar-refractivity contribution >= 4 is 5.97 Å². The highest BCUT2D eigenvalue weighted by Crippen LogP contribution is 2.09. The van der Waals surface area contributed by atoms with E-state index in [1.54, 1.807) is 6.92 Å². The van der Waals surface area contributed by atoms with Crippen LogP contribution in [0.1, 0.15) is 46.5 Å². The minimum atomic E-state index is -0.738. The molecule has 0 aromatic rings. The van der Waals surface area contributed by atoms with E-state index in [-0.39, 0.29) is 12.5 Å². The molecule has 0 aromatic heterocycles. The molecule has 0 amide bonds. The molecular formula is C12H25NO3. The van der Waals surface area contributed by atoms with E-state index in [1.165, 1.54) is 0 Å². The second kappa shape index (κ2) is 8.53. The Morgan fingerprint density at radius 1 is 1.38 bits per heavy atom. The number of rotatable bonds is 9. The Kier molecular flexibility index (Phi) is 8.21. The van der Waals surface area contributed by atoms with Gasteiger partial charge in [-0.2, -0.15) is 0 Å². The number of unbranched alkanes of at least 4 members (excludes halogenated alkanes) is 1. The highest BCUT2D eigenvalue weighted by molar-refractivity contribution is 5.71. The van der Waals surface area contributed by atoms with Crippen LogP contribution in [0, 0.1) is 0 Å². The van der Waals surface area contributed by atoms with E-state index in [2.05, 4.69) is 5.32 Å². The lowest BCUT2D eigenvalue weighted by Crippen LogP contribution is -2.40. The summed E-state index contributed by atoms with van der Waals surface area (Å²) in [6.07, 6.45) is 3.58. The first kappa shape index (κ1) is 15.4. The third kappa shape index (κ3) is 8.68. The normalized spacial score (nSPS) is 14.5. The maximum atomic E-state index is 11.2. The van der Waals surface area contributed by atoms with Gasteiger partial charge in [-0.15, -0.1) is 0 Å². The van der Waals surface area contributed by atoms with Crippen molar-refractivity contribution in [2.45, 2.75) is 52.1 Å². The number of carbonyl (C=O) groups is 1. The molecule has 96 valence electrons. The molecular weight excluding hydrogens is 206 g/mol. The first-order chi connectivity index (χ1) is 7.52. The van der Waals surface area contributed by atoms with Crippen molar-refractivity contribution in [2.75, 3.05) is 19.7 Å². The fraction of sp³-hybridized carbons (Fsp3) is 0.917. The van der Waals surface area contributed by atoms with Gasteiger partial charge in [0, 0.05) is 6.54 Å². The summed E-state index contributed by atoms with van der Waals surface area (Å²) < 4.78 is 4.97. The topological polar surface area (TPSA) is 58.6 Å². The van der Waals surface area contributed by atoms with E-state index in [1.807, 2.05) is 13.8 Å². The Morgan fingerprint density at radius 2 is 2.06 bits per heavy atom. The van der Waals surface area contributed by atoms with Gasteiger partial charge in [0.25, 0.3) is 0 Å². The van der Waals surface area contributed by atoms with Gasteiger partial charge in [0.1, 0.15) is 0 Å². The van der Waals surface area contributed by atoms with E-state index < -0.39 is 5.60 Å². The highest BCUT2D eigenvalue weighted by Gasteiger charge is 2.18. The van der Waals surface area contributed by atoms with Crippen LogP contribution in [0.2, 0.25) is 0 Å². The van der Waals surface area contributed by atoms with Crippen molar-refractivity contribution in [3.63, 3.8) is 0 Å². The summed E-state index contributed by atoms with van der Waals surface area (Å²) in [5.41, 5.74) is -0.738. The van der Waals surface area contributed by atoms with Gasteiger partial charge in [-0.25, -0.2) is 0 Å². The fourth-order valence-electron chi connectivity index (χ4n) is 1.44. The molecule has 0 aliphatic carbocycles.